The van der Waals surface area contributed by atoms with Gasteiger partial charge < -0.3 is 9.26 Å². The van der Waals surface area contributed by atoms with Crippen molar-refractivity contribution in [1.82, 2.24) is 15.0 Å². The highest BCUT2D eigenvalue weighted by Crippen LogP contribution is 2.23. The number of aromatic nitrogens is 2. The molecule has 2 heterocycles. The minimum atomic E-state index is -0.459. The molecule has 1 aromatic heterocycles. The maximum absolute atomic E-state index is 13.2. The number of hydrogen-bond donors (Lipinski definition) is 0. The predicted octanol–water partition coefficient (Wildman–Crippen LogP) is 2.79. The molecule has 5 nitrogen and oxygen atoms in total. The van der Waals surface area contributed by atoms with Crippen LogP contribution in [0.15, 0.2) is 22.7 Å². The molecule has 1 aliphatic heterocycles. The van der Waals surface area contributed by atoms with Crippen molar-refractivity contribution < 1.29 is 13.7 Å². The minimum Gasteiger partial charge on any atom is -0.379 e. The highest BCUT2D eigenvalue weighted by atomic mass is 35.5. The number of halogens is 2. The lowest BCUT2D eigenvalue weighted by Crippen LogP contribution is -2.36. The Labute approximate surface area is 133 Å². The van der Waals surface area contributed by atoms with E-state index in [-0.39, 0.29) is 5.02 Å². The Hall–Kier alpha value is -1.50. The molecule has 0 amide bonds. The summed E-state index contributed by atoms with van der Waals surface area (Å²) in [5.74, 6) is 0.562. The quantitative estimate of drug-likeness (QED) is 0.846. The molecule has 0 unspecified atom stereocenters. The SMILES string of the molecule is Fc1ccc(-c2noc(CCCN3CCOCC3)n2)cc1Cl. The first-order valence-electron chi connectivity index (χ1n) is 7.30. The second kappa shape index (κ2) is 7.17. The third kappa shape index (κ3) is 3.82. The Morgan fingerprint density at radius 3 is 2.86 bits per heavy atom. The van der Waals surface area contributed by atoms with Crippen LogP contribution < -0.4 is 0 Å². The zero-order valence-corrected chi connectivity index (χ0v) is 12.9. The number of hydrogen-bond acceptors (Lipinski definition) is 5. The van der Waals surface area contributed by atoms with Gasteiger partial charge in [-0.1, -0.05) is 16.8 Å². The van der Waals surface area contributed by atoms with Gasteiger partial charge in [-0.15, -0.1) is 0 Å². The molecule has 3 rings (SSSR count). The van der Waals surface area contributed by atoms with Crippen LogP contribution in [0.5, 0.6) is 0 Å². The summed E-state index contributed by atoms with van der Waals surface area (Å²) >= 11 is 5.76. The van der Waals surface area contributed by atoms with E-state index in [9.17, 15) is 4.39 Å². The standard InChI is InChI=1S/C15H17ClFN3O2/c16-12-10-11(3-4-13(12)17)15-18-14(22-19-15)2-1-5-20-6-8-21-9-7-20/h3-4,10H,1-2,5-9H2. The summed E-state index contributed by atoms with van der Waals surface area (Å²) in [4.78, 5) is 6.69. The van der Waals surface area contributed by atoms with Crippen molar-refractivity contribution in [3.05, 3.63) is 34.9 Å². The second-order valence-corrected chi connectivity index (χ2v) is 5.61. The molecule has 1 fully saturated rings. The van der Waals surface area contributed by atoms with Gasteiger partial charge in [0.05, 0.1) is 18.2 Å². The molecule has 118 valence electrons. The minimum absolute atomic E-state index is 0.0520. The van der Waals surface area contributed by atoms with Gasteiger partial charge in [0.15, 0.2) is 0 Å². The third-order valence-electron chi connectivity index (χ3n) is 3.61. The normalized spacial score (nSPS) is 16.1. The highest BCUT2D eigenvalue weighted by molar-refractivity contribution is 6.31. The zero-order chi connectivity index (χ0) is 15.4. The summed E-state index contributed by atoms with van der Waals surface area (Å²) in [5, 5.41) is 3.97. The van der Waals surface area contributed by atoms with E-state index in [1.807, 2.05) is 0 Å². The van der Waals surface area contributed by atoms with Crippen LogP contribution in [0, 0.1) is 5.82 Å². The number of benzene rings is 1. The van der Waals surface area contributed by atoms with Gasteiger partial charge in [0, 0.05) is 25.1 Å². The molecule has 1 aliphatic rings. The first kappa shape index (κ1) is 15.4. The summed E-state index contributed by atoms with van der Waals surface area (Å²) in [6.45, 7) is 4.54. The molecule has 0 N–H and O–H groups in total. The molecule has 0 atom stereocenters. The Bertz CT molecular complexity index is 629. The molecule has 0 saturated carbocycles. The van der Waals surface area contributed by atoms with Crippen LogP contribution in [0.4, 0.5) is 4.39 Å². The van der Waals surface area contributed by atoms with Crippen molar-refractivity contribution in [2.75, 3.05) is 32.8 Å². The summed E-state index contributed by atoms with van der Waals surface area (Å²) in [5.41, 5.74) is 0.648. The topological polar surface area (TPSA) is 51.4 Å². The summed E-state index contributed by atoms with van der Waals surface area (Å²) in [7, 11) is 0. The zero-order valence-electron chi connectivity index (χ0n) is 12.1. The summed E-state index contributed by atoms with van der Waals surface area (Å²) < 4.78 is 23.7. The lowest BCUT2D eigenvalue weighted by Gasteiger charge is -2.26. The molecule has 1 saturated heterocycles. The lowest BCUT2D eigenvalue weighted by atomic mass is 10.2. The van der Waals surface area contributed by atoms with E-state index in [2.05, 4.69) is 15.0 Å². The molecule has 1 aromatic carbocycles. The van der Waals surface area contributed by atoms with Crippen LogP contribution in [0.25, 0.3) is 11.4 Å². The molecule has 22 heavy (non-hydrogen) atoms. The van der Waals surface area contributed by atoms with Crippen LogP contribution in [0.3, 0.4) is 0 Å². The fourth-order valence-corrected chi connectivity index (χ4v) is 2.57. The van der Waals surface area contributed by atoms with E-state index >= 15 is 0 Å². The van der Waals surface area contributed by atoms with E-state index in [4.69, 9.17) is 20.9 Å². The van der Waals surface area contributed by atoms with Crippen molar-refractivity contribution >= 4 is 11.6 Å². The van der Waals surface area contributed by atoms with Gasteiger partial charge >= 0.3 is 0 Å². The third-order valence-corrected chi connectivity index (χ3v) is 3.90. The maximum Gasteiger partial charge on any atom is 0.227 e. The van der Waals surface area contributed by atoms with E-state index in [0.29, 0.717) is 17.3 Å². The molecule has 0 bridgehead atoms. The van der Waals surface area contributed by atoms with Gasteiger partial charge in [-0.2, -0.15) is 4.98 Å². The fourth-order valence-electron chi connectivity index (χ4n) is 2.39. The first-order chi connectivity index (χ1) is 10.7. The molecule has 0 radical (unpaired) electrons. The van der Waals surface area contributed by atoms with Crippen molar-refractivity contribution in [1.29, 1.82) is 0 Å². The Balaban J connectivity index is 1.55. The highest BCUT2D eigenvalue weighted by Gasteiger charge is 2.13. The van der Waals surface area contributed by atoms with Crippen molar-refractivity contribution in [2.24, 2.45) is 0 Å². The smallest absolute Gasteiger partial charge is 0.227 e. The summed E-state index contributed by atoms with van der Waals surface area (Å²) in [6, 6.07) is 4.38. The molecule has 0 spiro atoms. The summed E-state index contributed by atoms with van der Waals surface area (Å²) in [6.07, 6.45) is 1.67. The number of ether oxygens (including phenoxy) is 1. The average Bonchev–Trinajstić information content (AvgIpc) is 3.00. The Morgan fingerprint density at radius 2 is 2.09 bits per heavy atom. The molecular formula is C15H17ClFN3O2. The number of morpholine rings is 1. The Kier molecular flexibility index (Phi) is 5.02. The van der Waals surface area contributed by atoms with E-state index in [1.54, 1.807) is 6.07 Å². The first-order valence-corrected chi connectivity index (χ1v) is 7.68. The number of aryl methyl sites for hydroxylation is 1. The molecule has 2 aromatic rings. The van der Waals surface area contributed by atoms with Crippen LogP contribution >= 0.6 is 11.6 Å². The maximum atomic E-state index is 13.2. The van der Waals surface area contributed by atoms with E-state index < -0.39 is 5.82 Å². The van der Waals surface area contributed by atoms with Crippen molar-refractivity contribution in [3.8, 4) is 11.4 Å². The van der Waals surface area contributed by atoms with Crippen LogP contribution in [-0.4, -0.2) is 47.9 Å². The van der Waals surface area contributed by atoms with Crippen LogP contribution in [-0.2, 0) is 11.2 Å². The monoisotopic (exact) mass is 325 g/mol. The van der Waals surface area contributed by atoms with Gasteiger partial charge in [0.1, 0.15) is 5.82 Å². The van der Waals surface area contributed by atoms with Gasteiger partial charge in [0.2, 0.25) is 11.7 Å². The Morgan fingerprint density at radius 1 is 1.27 bits per heavy atom. The van der Waals surface area contributed by atoms with Gasteiger partial charge in [0.25, 0.3) is 0 Å². The van der Waals surface area contributed by atoms with Gasteiger partial charge in [-0.05, 0) is 31.2 Å². The van der Waals surface area contributed by atoms with Crippen LogP contribution in [0.2, 0.25) is 5.02 Å². The van der Waals surface area contributed by atoms with Crippen LogP contribution in [0.1, 0.15) is 12.3 Å². The largest absolute Gasteiger partial charge is 0.379 e. The molecule has 7 heteroatoms. The van der Waals surface area contributed by atoms with Gasteiger partial charge in [-0.3, -0.25) is 4.90 Å². The molecule has 0 aliphatic carbocycles. The predicted molar refractivity (Wildman–Crippen MR) is 80.3 cm³/mol. The van der Waals surface area contributed by atoms with Crippen molar-refractivity contribution in [3.63, 3.8) is 0 Å². The number of rotatable bonds is 5. The van der Waals surface area contributed by atoms with Crippen molar-refractivity contribution in [2.45, 2.75) is 12.8 Å². The fraction of sp³-hybridized carbons (Fsp3) is 0.467. The van der Waals surface area contributed by atoms with Gasteiger partial charge in [-0.25, -0.2) is 4.39 Å². The lowest BCUT2D eigenvalue weighted by molar-refractivity contribution is 0.0372. The molecular weight excluding hydrogens is 309 g/mol. The number of nitrogens with zero attached hydrogens (tertiary/aromatic N) is 3. The average molecular weight is 326 g/mol. The van der Waals surface area contributed by atoms with E-state index in [0.717, 1.165) is 45.7 Å². The second-order valence-electron chi connectivity index (χ2n) is 5.20. The van der Waals surface area contributed by atoms with E-state index in [1.165, 1.54) is 12.1 Å².